The Bertz CT molecular complexity index is 840. The van der Waals surface area contributed by atoms with Crippen LogP contribution in [-0.4, -0.2) is 42.1 Å². The van der Waals surface area contributed by atoms with Crippen LogP contribution in [0.3, 0.4) is 0 Å². The molecule has 0 unspecified atom stereocenters. The number of carboxylic acid groups (broad SMARTS) is 1. The van der Waals surface area contributed by atoms with Gasteiger partial charge in [-0.3, -0.25) is 9.59 Å². The summed E-state index contributed by atoms with van der Waals surface area (Å²) in [4.78, 5) is 25.8. The van der Waals surface area contributed by atoms with E-state index in [1.165, 1.54) is 24.1 Å². The maximum absolute atomic E-state index is 13.9. The molecule has 2 atom stereocenters. The third kappa shape index (κ3) is 3.51. The molecule has 1 N–H and O–H groups in total. The monoisotopic (exact) mass is 377 g/mol. The number of aliphatic carboxylic acids is 1. The maximum Gasteiger partial charge on any atom is 0.308 e. The summed E-state index contributed by atoms with van der Waals surface area (Å²) in [6.45, 7) is 0.306. The summed E-state index contributed by atoms with van der Waals surface area (Å²) in [6, 6.07) is 10.9. The fraction of sp³-hybridized carbons (Fsp3) is 0.263. The molecule has 0 saturated carbocycles. The van der Waals surface area contributed by atoms with E-state index in [4.69, 9.17) is 16.3 Å². The second kappa shape index (κ2) is 7.33. The summed E-state index contributed by atoms with van der Waals surface area (Å²) in [5.41, 5.74) is 0.960. The van der Waals surface area contributed by atoms with E-state index in [9.17, 15) is 19.1 Å². The second-order valence-electron chi connectivity index (χ2n) is 6.16. The summed E-state index contributed by atoms with van der Waals surface area (Å²) >= 11 is 5.89. The number of amides is 1. The largest absolute Gasteiger partial charge is 0.494 e. The quantitative estimate of drug-likeness (QED) is 0.886. The first-order valence-electron chi connectivity index (χ1n) is 8.01. The van der Waals surface area contributed by atoms with Crippen LogP contribution in [0.1, 0.15) is 21.8 Å². The summed E-state index contributed by atoms with van der Waals surface area (Å²) in [5, 5.41) is 10.1. The molecule has 0 aromatic heterocycles. The van der Waals surface area contributed by atoms with Crippen molar-refractivity contribution >= 4 is 23.5 Å². The zero-order chi connectivity index (χ0) is 18.8. The number of halogens is 2. The van der Waals surface area contributed by atoms with E-state index in [2.05, 4.69) is 0 Å². The molecule has 0 aliphatic carbocycles. The standard InChI is InChI=1S/C19H17ClFNO4/c1-26-17-7-4-12(8-16(17)21)18(23)22-9-14(15(10-22)19(24)25)11-2-5-13(20)6-3-11/h2-8,14-15H,9-10H2,1H3,(H,24,25)/t14-,15+/m0/s1. The number of hydrogen-bond donors (Lipinski definition) is 1. The average molecular weight is 378 g/mol. The molecular formula is C19H17ClFNO4. The van der Waals surface area contributed by atoms with Crippen LogP contribution in [0, 0.1) is 11.7 Å². The third-order valence-corrected chi connectivity index (χ3v) is 4.87. The van der Waals surface area contributed by atoms with Gasteiger partial charge in [0.1, 0.15) is 0 Å². The Kier molecular flexibility index (Phi) is 5.13. The van der Waals surface area contributed by atoms with Gasteiger partial charge in [-0.25, -0.2) is 4.39 Å². The number of carbonyl (C=O) groups is 2. The smallest absolute Gasteiger partial charge is 0.308 e. The van der Waals surface area contributed by atoms with E-state index in [1.807, 2.05) is 0 Å². The topological polar surface area (TPSA) is 66.8 Å². The van der Waals surface area contributed by atoms with Crippen LogP contribution in [-0.2, 0) is 4.79 Å². The average Bonchev–Trinajstić information content (AvgIpc) is 3.07. The predicted molar refractivity (Wildman–Crippen MR) is 94.2 cm³/mol. The van der Waals surface area contributed by atoms with Gasteiger partial charge in [0.15, 0.2) is 11.6 Å². The van der Waals surface area contributed by atoms with Crippen LogP contribution in [0.2, 0.25) is 5.02 Å². The first-order valence-corrected chi connectivity index (χ1v) is 8.39. The Morgan fingerprint density at radius 1 is 1.19 bits per heavy atom. The Morgan fingerprint density at radius 3 is 2.46 bits per heavy atom. The van der Waals surface area contributed by atoms with E-state index in [-0.39, 0.29) is 30.3 Å². The Morgan fingerprint density at radius 2 is 1.88 bits per heavy atom. The first kappa shape index (κ1) is 18.2. The van der Waals surface area contributed by atoms with Crippen LogP contribution < -0.4 is 4.74 Å². The van der Waals surface area contributed by atoms with Crippen LogP contribution in [0.25, 0.3) is 0 Å². The molecule has 2 aromatic rings. The molecule has 136 valence electrons. The van der Waals surface area contributed by atoms with Crippen molar-refractivity contribution in [2.24, 2.45) is 5.92 Å². The van der Waals surface area contributed by atoms with Gasteiger partial charge in [-0.15, -0.1) is 0 Å². The maximum atomic E-state index is 13.9. The number of methoxy groups -OCH3 is 1. The third-order valence-electron chi connectivity index (χ3n) is 4.62. The van der Waals surface area contributed by atoms with E-state index >= 15 is 0 Å². The molecule has 0 bridgehead atoms. The molecule has 1 amide bonds. The number of hydrogen-bond acceptors (Lipinski definition) is 3. The first-order chi connectivity index (χ1) is 12.4. The van der Waals surface area contributed by atoms with Gasteiger partial charge in [-0.2, -0.15) is 0 Å². The Labute approximate surface area is 154 Å². The number of carboxylic acids is 1. The highest BCUT2D eigenvalue weighted by atomic mass is 35.5. The minimum atomic E-state index is -0.971. The number of benzene rings is 2. The molecule has 26 heavy (non-hydrogen) atoms. The highest BCUT2D eigenvalue weighted by Crippen LogP contribution is 2.34. The summed E-state index contributed by atoms with van der Waals surface area (Å²) < 4.78 is 18.7. The highest BCUT2D eigenvalue weighted by Gasteiger charge is 2.40. The molecule has 1 saturated heterocycles. The molecule has 5 nitrogen and oxygen atoms in total. The lowest BCUT2D eigenvalue weighted by molar-refractivity contribution is -0.141. The van der Waals surface area contributed by atoms with Gasteiger partial charge in [-0.05, 0) is 35.9 Å². The molecule has 1 aliphatic heterocycles. The van der Waals surface area contributed by atoms with E-state index in [1.54, 1.807) is 24.3 Å². The number of nitrogens with zero attached hydrogens (tertiary/aromatic N) is 1. The second-order valence-corrected chi connectivity index (χ2v) is 6.60. The van der Waals surface area contributed by atoms with E-state index < -0.39 is 23.6 Å². The van der Waals surface area contributed by atoms with Crippen molar-refractivity contribution < 1.29 is 23.8 Å². The molecule has 0 radical (unpaired) electrons. The van der Waals surface area contributed by atoms with Crippen molar-refractivity contribution in [2.75, 3.05) is 20.2 Å². The minimum absolute atomic E-state index is 0.0467. The molecule has 0 spiro atoms. The van der Waals surface area contributed by atoms with Crippen LogP contribution in [0.5, 0.6) is 5.75 Å². The normalized spacial score (nSPS) is 19.4. The SMILES string of the molecule is COc1ccc(C(=O)N2C[C@@H](C(=O)O)[C@H](c3ccc(Cl)cc3)C2)cc1F. The van der Waals surface area contributed by atoms with Gasteiger partial charge < -0.3 is 14.7 Å². The van der Waals surface area contributed by atoms with Crippen LogP contribution in [0.15, 0.2) is 42.5 Å². The van der Waals surface area contributed by atoms with E-state index in [0.717, 1.165) is 11.6 Å². The predicted octanol–water partition coefficient (Wildman–Crippen LogP) is 3.43. The summed E-state index contributed by atoms with van der Waals surface area (Å²) in [7, 11) is 1.34. The lowest BCUT2D eigenvalue weighted by Gasteiger charge is -2.17. The molecule has 1 fully saturated rings. The molecule has 1 heterocycles. The van der Waals surface area contributed by atoms with Gasteiger partial charge in [0.05, 0.1) is 13.0 Å². The van der Waals surface area contributed by atoms with Gasteiger partial charge in [0.2, 0.25) is 0 Å². The van der Waals surface area contributed by atoms with Crippen molar-refractivity contribution in [1.82, 2.24) is 4.90 Å². The van der Waals surface area contributed by atoms with Crippen molar-refractivity contribution in [3.8, 4) is 5.75 Å². The molecule has 2 aromatic carbocycles. The van der Waals surface area contributed by atoms with Crippen molar-refractivity contribution in [3.63, 3.8) is 0 Å². The van der Waals surface area contributed by atoms with Crippen molar-refractivity contribution in [1.29, 1.82) is 0 Å². The van der Waals surface area contributed by atoms with Gasteiger partial charge in [-0.1, -0.05) is 23.7 Å². The zero-order valence-electron chi connectivity index (χ0n) is 14.0. The molecule has 1 aliphatic rings. The van der Waals surface area contributed by atoms with Gasteiger partial charge >= 0.3 is 5.97 Å². The summed E-state index contributed by atoms with van der Waals surface area (Å²) in [5.74, 6) is -3.05. The van der Waals surface area contributed by atoms with Crippen LogP contribution >= 0.6 is 11.6 Å². The number of likely N-dealkylation sites (tertiary alicyclic amines) is 1. The lowest BCUT2D eigenvalue weighted by Crippen LogP contribution is -2.30. The Balaban J connectivity index is 1.85. The van der Waals surface area contributed by atoms with Crippen molar-refractivity contribution in [3.05, 3.63) is 64.4 Å². The number of ether oxygens (including phenoxy) is 1. The van der Waals surface area contributed by atoms with Gasteiger partial charge in [0.25, 0.3) is 5.91 Å². The number of carbonyl (C=O) groups excluding carboxylic acids is 1. The van der Waals surface area contributed by atoms with Crippen LogP contribution in [0.4, 0.5) is 4.39 Å². The molecular weight excluding hydrogens is 361 g/mol. The fourth-order valence-corrected chi connectivity index (χ4v) is 3.38. The van der Waals surface area contributed by atoms with E-state index in [0.29, 0.717) is 5.02 Å². The lowest BCUT2D eigenvalue weighted by atomic mass is 9.89. The molecule has 7 heteroatoms. The zero-order valence-corrected chi connectivity index (χ0v) is 14.7. The van der Waals surface area contributed by atoms with Gasteiger partial charge in [0, 0.05) is 29.6 Å². The Hall–Kier alpha value is -2.60. The van der Waals surface area contributed by atoms with Crippen molar-refractivity contribution in [2.45, 2.75) is 5.92 Å². The highest BCUT2D eigenvalue weighted by molar-refractivity contribution is 6.30. The number of rotatable bonds is 4. The fourth-order valence-electron chi connectivity index (χ4n) is 3.25. The summed E-state index contributed by atoms with van der Waals surface area (Å²) in [6.07, 6.45) is 0. The molecule has 3 rings (SSSR count). The minimum Gasteiger partial charge on any atom is -0.494 e.